The van der Waals surface area contributed by atoms with Gasteiger partial charge in [-0.1, -0.05) is 25.0 Å². The summed E-state index contributed by atoms with van der Waals surface area (Å²) in [5.74, 6) is -0.532. The van der Waals surface area contributed by atoms with Gasteiger partial charge in [-0.3, -0.25) is 0 Å². The topological polar surface area (TPSA) is 96.8 Å². The number of sulfonamides is 1. The molecule has 2 aromatic carbocycles. The number of para-hydroxylation sites is 1. The first-order valence-electron chi connectivity index (χ1n) is 10.8. The normalized spacial score (nSPS) is 15.4. The van der Waals surface area contributed by atoms with Gasteiger partial charge in [0.25, 0.3) is 0 Å². The van der Waals surface area contributed by atoms with Gasteiger partial charge >= 0.3 is 5.97 Å². The van der Waals surface area contributed by atoms with Gasteiger partial charge in [0.15, 0.2) is 0 Å². The van der Waals surface area contributed by atoms with E-state index in [-0.39, 0.29) is 10.5 Å². The number of aromatic carboxylic acids is 1. The molecule has 4 rings (SSSR count). The number of carboxylic acids is 1. The van der Waals surface area contributed by atoms with Crippen molar-refractivity contribution in [3.8, 4) is 17.0 Å². The molecule has 0 bridgehead atoms. The van der Waals surface area contributed by atoms with Gasteiger partial charge in [-0.2, -0.15) is 4.31 Å². The second kappa shape index (κ2) is 9.26. The van der Waals surface area contributed by atoms with Gasteiger partial charge in [0.1, 0.15) is 5.75 Å². The number of carboxylic acid groups (broad SMARTS) is 1. The molecule has 1 saturated heterocycles. The predicted octanol–water partition coefficient (Wildman–Crippen LogP) is 4.56. The molecular formula is C24H26N2O5S. The van der Waals surface area contributed by atoms with E-state index in [1.54, 1.807) is 6.07 Å². The number of pyridine rings is 1. The van der Waals surface area contributed by atoms with Gasteiger partial charge in [-0.05, 0) is 56.2 Å². The van der Waals surface area contributed by atoms with Gasteiger partial charge in [0.05, 0.1) is 28.3 Å². The van der Waals surface area contributed by atoms with Crippen LogP contribution in [-0.4, -0.2) is 48.5 Å². The van der Waals surface area contributed by atoms with Crippen LogP contribution < -0.4 is 4.74 Å². The summed E-state index contributed by atoms with van der Waals surface area (Å²) in [5, 5.41) is 10.2. The maximum atomic E-state index is 13.2. The third-order valence-corrected chi connectivity index (χ3v) is 7.57. The molecule has 7 nitrogen and oxygen atoms in total. The highest BCUT2D eigenvalue weighted by atomic mass is 32.2. The highest BCUT2D eigenvalue weighted by molar-refractivity contribution is 7.89. The third-order valence-electron chi connectivity index (χ3n) is 5.68. The largest absolute Gasteiger partial charge is 0.493 e. The first kappa shape index (κ1) is 22.2. The van der Waals surface area contributed by atoms with Crippen LogP contribution in [0.15, 0.2) is 53.4 Å². The van der Waals surface area contributed by atoms with E-state index < -0.39 is 16.0 Å². The van der Waals surface area contributed by atoms with Crippen LogP contribution >= 0.6 is 0 Å². The van der Waals surface area contributed by atoms with Crippen LogP contribution in [0.5, 0.6) is 5.75 Å². The van der Waals surface area contributed by atoms with Gasteiger partial charge in [0, 0.05) is 24.0 Å². The molecule has 0 saturated carbocycles. The maximum absolute atomic E-state index is 13.2. The minimum absolute atomic E-state index is 0.00391. The average molecular weight is 455 g/mol. The molecule has 32 heavy (non-hydrogen) atoms. The van der Waals surface area contributed by atoms with Crippen molar-refractivity contribution in [2.24, 2.45) is 0 Å². The van der Waals surface area contributed by atoms with Crippen LogP contribution in [0, 0.1) is 0 Å². The summed E-state index contributed by atoms with van der Waals surface area (Å²) in [6.07, 6.45) is 3.69. The van der Waals surface area contributed by atoms with Gasteiger partial charge in [-0.15, -0.1) is 0 Å². The van der Waals surface area contributed by atoms with E-state index in [1.165, 1.54) is 22.5 Å². The summed E-state index contributed by atoms with van der Waals surface area (Å²) in [6, 6.07) is 13.3. The van der Waals surface area contributed by atoms with Crippen molar-refractivity contribution in [1.29, 1.82) is 0 Å². The van der Waals surface area contributed by atoms with Crippen LogP contribution in [-0.2, 0) is 10.0 Å². The molecule has 1 aliphatic rings. The standard InChI is InChI=1S/C24H26N2O5S/c1-2-31-23-10-6-5-9-18(23)22-16-20(24(27)28)19-15-17(11-12-21(19)25-22)32(29,30)26-13-7-3-4-8-14-26/h5-6,9-12,15-16H,2-4,7-8,13-14H2,1H3,(H,27,28). The minimum Gasteiger partial charge on any atom is -0.493 e. The van der Waals surface area contributed by atoms with E-state index in [1.807, 2.05) is 31.2 Å². The van der Waals surface area contributed by atoms with Crippen LogP contribution in [0.4, 0.5) is 0 Å². The van der Waals surface area contributed by atoms with Crippen LogP contribution in [0.2, 0.25) is 0 Å². The molecule has 0 spiro atoms. The molecule has 0 radical (unpaired) electrons. The lowest BCUT2D eigenvalue weighted by molar-refractivity contribution is 0.0699. The summed E-state index contributed by atoms with van der Waals surface area (Å²) in [5.41, 5.74) is 1.56. The van der Waals surface area contributed by atoms with Crippen molar-refractivity contribution in [1.82, 2.24) is 9.29 Å². The zero-order valence-corrected chi connectivity index (χ0v) is 18.8. The molecule has 1 aliphatic heterocycles. The fourth-order valence-corrected chi connectivity index (χ4v) is 5.61. The fourth-order valence-electron chi connectivity index (χ4n) is 4.07. The smallest absolute Gasteiger partial charge is 0.336 e. The molecule has 0 aliphatic carbocycles. The summed E-state index contributed by atoms with van der Waals surface area (Å²) in [7, 11) is -3.70. The minimum atomic E-state index is -3.70. The number of carbonyl (C=O) groups is 1. The Morgan fingerprint density at radius 1 is 1.06 bits per heavy atom. The molecule has 1 fully saturated rings. The summed E-state index contributed by atoms with van der Waals surface area (Å²) >= 11 is 0. The van der Waals surface area contributed by atoms with E-state index >= 15 is 0 Å². The summed E-state index contributed by atoms with van der Waals surface area (Å²) in [6.45, 7) is 3.31. The number of rotatable bonds is 6. The van der Waals surface area contributed by atoms with E-state index in [4.69, 9.17) is 4.74 Å². The molecule has 1 N–H and O–H groups in total. The molecular weight excluding hydrogens is 428 g/mol. The molecule has 0 atom stereocenters. The predicted molar refractivity (Wildman–Crippen MR) is 123 cm³/mol. The van der Waals surface area contributed by atoms with Gasteiger partial charge in [-0.25, -0.2) is 18.2 Å². The lowest BCUT2D eigenvalue weighted by Gasteiger charge is -2.20. The first-order chi connectivity index (χ1) is 15.4. The Labute approximate surface area is 187 Å². The van der Waals surface area contributed by atoms with Gasteiger partial charge in [0.2, 0.25) is 10.0 Å². The van der Waals surface area contributed by atoms with Crippen molar-refractivity contribution in [3.63, 3.8) is 0 Å². The van der Waals surface area contributed by atoms with E-state index in [0.717, 1.165) is 25.7 Å². The van der Waals surface area contributed by atoms with Gasteiger partial charge < -0.3 is 9.84 Å². The number of benzene rings is 2. The molecule has 168 valence electrons. The number of ether oxygens (including phenoxy) is 1. The summed E-state index contributed by atoms with van der Waals surface area (Å²) in [4.78, 5) is 16.8. The number of hydrogen-bond donors (Lipinski definition) is 1. The zero-order chi connectivity index (χ0) is 22.7. The zero-order valence-electron chi connectivity index (χ0n) is 18.0. The van der Waals surface area contributed by atoms with Crippen LogP contribution in [0.25, 0.3) is 22.2 Å². The van der Waals surface area contributed by atoms with E-state index in [2.05, 4.69) is 4.98 Å². The molecule has 1 aromatic heterocycles. The van der Waals surface area contributed by atoms with Crippen molar-refractivity contribution < 1.29 is 23.1 Å². The number of hydrogen-bond acceptors (Lipinski definition) is 5. The van der Waals surface area contributed by atoms with Crippen LogP contribution in [0.1, 0.15) is 43.0 Å². The Bertz CT molecular complexity index is 1250. The highest BCUT2D eigenvalue weighted by Gasteiger charge is 2.26. The van der Waals surface area contributed by atoms with Crippen molar-refractivity contribution in [2.75, 3.05) is 19.7 Å². The molecule has 3 aromatic rings. The first-order valence-corrected chi connectivity index (χ1v) is 12.3. The Hall–Kier alpha value is -2.97. The Morgan fingerprint density at radius 3 is 2.47 bits per heavy atom. The van der Waals surface area contributed by atoms with E-state index in [9.17, 15) is 18.3 Å². The second-order valence-corrected chi connectivity index (χ2v) is 9.72. The lowest BCUT2D eigenvalue weighted by atomic mass is 10.0. The number of aromatic nitrogens is 1. The average Bonchev–Trinajstić information content (AvgIpc) is 3.09. The van der Waals surface area contributed by atoms with Crippen molar-refractivity contribution in [2.45, 2.75) is 37.5 Å². The number of nitrogens with zero attached hydrogens (tertiary/aromatic N) is 2. The van der Waals surface area contributed by atoms with Crippen molar-refractivity contribution in [3.05, 3.63) is 54.1 Å². The summed E-state index contributed by atoms with van der Waals surface area (Å²) < 4.78 is 33.6. The van der Waals surface area contributed by atoms with Crippen LogP contribution in [0.3, 0.4) is 0 Å². The Kier molecular flexibility index (Phi) is 6.43. The molecule has 2 heterocycles. The molecule has 8 heteroatoms. The van der Waals surface area contributed by atoms with Crippen molar-refractivity contribution >= 4 is 26.9 Å². The van der Waals surface area contributed by atoms with E-state index in [0.29, 0.717) is 47.6 Å². The quantitative estimate of drug-likeness (QED) is 0.586. The SMILES string of the molecule is CCOc1ccccc1-c1cc(C(=O)O)c2cc(S(=O)(=O)N3CCCCCC3)ccc2n1. The lowest BCUT2D eigenvalue weighted by Crippen LogP contribution is -2.31. The third kappa shape index (κ3) is 4.33. The Balaban J connectivity index is 1.83. The molecule has 0 unspecified atom stereocenters. The molecule has 0 amide bonds. The maximum Gasteiger partial charge on any atom is 0.336 e. The number of fused-ring (bicyclic) bond motifs is 1. The highest BCUT2D eigenvalue weighted by Crippen LogP contribution is 2.33. The fraction of sp³-hybridized carbons (Fsp3) is 0.333. The second-order valence-electron chi connectivity index (χ2n) is 7.79. The Morgan fingerprint density at radius 2 is 1.78 bits per heavy atom. The monoisotopic (exact) mass is 454 g/mol.